The second-order valence-corrected chi connectivity index (χ2v) is 6.68. The molecule has 3 rings (SSSR count). The average molecular weight is 349 g/mol. The molecule has 0 radical (unpaired) electrons. The number of nitriles is 1. The second-order valence-electron chi connectivity index (χ2n) is 5.46. The van der Waals surface area contributed by atoms with E-state index in [2.05, 4.69) is 11.0 Å². The van der Waals surface area contributed by atoms with Gasteiger partial charge in [0.05, 0.1) is 18.1 Å². The highest BCUT2D eigenvalue weighted by atomic mass is 35.5. The summed E-state index contributed by atoms with van der Waals surface area (Å²) in [5.74, 6) is -0.779. The van der Waals surface area contributed by atoms with Crippen molar-refractivity contribution in [3.8, 4) is 6.07 Å². The summed E-state index contributed by atoms with van der Waals surface area (Å²) in [6.45, 7) is 2.53. The molecular weight excluding hydrogens is 332 g/mol. The van der Waals surface area contributed by atoms with E-state index in [4.69, 9.17) is 5.11 Å². The van der Waals surface area contributed by atoms with Crippen LogP contribution in [0.2, 0.25) is 0 Å². The maximum atomic E-state index is 10.8. The molecule has 0 aliphatic carbocycles. The number of nitrogens with zero attached hydrogens (tertiary/aromatic N) is 2. The van der Waals surface area contributed by atoms with Crippen LogP contribution in [0.25, 0.3) is 0 Å². The fourth-order valence-electron chi connectivity index (χ4n) is 2.83. The summed E-state index contributed by atoms with van der Waals surface area (Å²) in [5, 5.41) is 18.1. The van der Waals surface area contributed by atoms with Gasteiger partial charge in [-0.2, -0.15) is 5.26 Å². The Hall–Kier alpha value is -1.87. The first-order chi connectivity index (χ1) is 10.7. The van der Waals surface area contributed by atoms with E-state index < -0.39 is 5.97 Å². The van der Waals surface area contributed by atoms with Gasteiger partial charge >= 0.3 is 5.97 Å². The maximum absolute atomic E-state index is 10.8. The first kappa shape index (κ1) is 17.5. The number of carbonyl (C=O) groups is 1. The van der Waals surface area contributed by atoms with E-state index in [1.54, 1.807) is 11.3 Å². The van der Waals surface area contributed by atoms with Crippen molar-refractivity contribution in [2.24, 2.45) is 0 Å². The maximum Gasteiger partial charge on any atom is 0.308 e. The Morgan fingerprint density at radius 3 is 2.91 bits per heavy atom. The van der Waals surface area contributed by atoms with Crippen molar-refractivity contribution >= 4 is 29.7 Å². The number of thiophene rings is 1. The third-order valence-corrected chi connectivity index (χ3v) is 5.09. The van der Waals surface area contributed by atoms with E-state index in [0.29, 0.717) is 0 Å². The van der Waals surface area contributed by atoms with Crippen LogP contribution in [0.4, 0.5) is 0 Å². The van der Waals surface area contributed by atoms with Gasteiger partial charge in [0.1, 0.15) is 0 Å². The molecule has 0 saturated carbocycles. The number of carboxylic acids is 1. The number of hydrogen-bond acceptors (Lipinski definition) is 4. The fourth-order valence-corrected chi connectivity index (χ4v) is 3.99. The average Bonchev–Trinajstić information content (AvgIpc) is 2.88. The van der Waals surface area contributed by atoms with Crippen molar-refractivity contribution in [3.05, 3.63) is 56.8 Å². The monoisotopic (exact) mass is 348 g/mol. The van der Waals surface area contributed by atoms with Crippen LogP contribution in [0, 0.1) is 11.3 Å². The van der Waals surface area contributed by atoms with Gasteiger partial charge in [-0.1, -0.05) is 18.2 Å². The Morgan fingerprint density at radius 1 is 1.39 bits per heavy atom. The molecule has 0 saturated heterocycles. The van der Waals surface area contributed by atoms with Crippen LogP contribution in [0.15, 0.2) is 30.3 Å². The summed E-state index contributed by atoms with van der Waals surface area (Å²) in [6, 6.07) is 12.0. The van der Waals surface area contributed by atoms with E-state index in [1.165, 1.54) is 10.4 Å². The lowest BCUT2D eigenvalue weighted by Gasteiger charge is -2.27. The predicted molar refractivity (Wildman–Crippen MR) is 91.9 cm³/mol. The zero-order chi connectivity index (χ0) is 15.5. The summed E-state index contributed by atoms with van der Waals surface area (Å²) in [7, 11) is 0. The lowest BCUT2D eigenvalue weighted by atomic mass is 10.0. The molecule has 1 aliphatic heterocycles. The zero-order valence-electron chi connectivity index (χ0n) is 12.5. The molecule has 1 N–H and O–H groups in total. The molecule has 1 aliphatic rings. The predicted octanol–water partition coefficient (Wildman–Crippen LogP) is 3.23. The van der Waals surface area contributed by atoms with Crippen molar-refractivity contribution in [2.75, 3.05) is 6.54 Å². The molecule has 0 amide bonds. The second kappa shape index (κ2) is 7.60. The number of fused-ring (bicyclic) bond motifs is 1. The van der Waals surface area contributed by atoms with Gasteiger partial charge in [0.25, 0.3) is 0 Å². The topological polar surface area (TPSA) is 64.3 Å². The molecule has 0 spiro atoms. The number of halogens is 1. The van der Waals surface area contributed by atoms with Crippen LogP contribution >= 0.6 is 23.7 Å². The summed E-state index contributed by atoms with van der Waals surface area (Å²) in [6.07, 6.45) is 1.06. The molecule has 4 nitrogen and oxygen atoms in total. The van der Waals surface area contributed by atoms with Gasteiger partial charge in [-0.15, -0.1) is 23.7 Å². The van der Waals surface area contributed by atoms with Gasteiger partial charge in [0.15, 0.2) is 0 Å². The van der Waals surface area contributed by atoms with Gasteiger partial charge in [-0.3, -0.25) is 9.69 Å². The van der Waals surface area contributed by atoms with Crippen molar-refractivity contribution < 1.29 is 9.90 Å². The Morgan fingerprint density at radius 2 is 2.17 bits per heavy atom. The van der Waals surface area contributed by atoms with Crippen molar-refractivity contribution in [3.63, 3.8) is 0 Å². The highest BCUT2D eigenvalue weighted by molar-refractivity contribution is 7.12. The quantitative estimate of drug-likeness (QED) is 0.921. The SMILES string of the molecule is Cl.N#Cc1ccccc1CN1CCc2sc(CC(=O)O)cc2C1. The van der Waals surface area contributed by atoms with Crippen LogP contribution in [-0.4, -0.2) is 22.5 Å². The minimum atomic E-state index is -0.779. The van der Waals surface area contributed by atoms with Gasteiger partial charge in [0, 0.05) is 29.4 Å². The highest BCUT2D eigenvalue weighted by Gasteiger charge is 2.20. The first-order valence-corrected chi connectivity index (χ1v) is 8.00. The minimum Gasteiger partial charge on any atom is -0.481 e. The zero-order valence-corrected chi connectivity index (χ0v) is 14.1. The van der Waals surface area contributed by atoms with E-state index >= 15 is 0 Å². The third kappa shape index (κ3) is 4.11. The van der Waals surface area contributed by atoms with Gasteiger partial charge < -0.3 is 5.11 Å². The van der Waals surface area contributed by atoms with E-state index in [0.717, 1.165) is 42.1 Å². The minimum absolute atomic E-state index is 0. The molecule has 6 heteroatoms. The molecule has 0 fully saturated rings. The smallest absolute Gasteiger partial charge is 0.308 e. The normalized spacial score (nSPS) is 13.7. The molecule has 0 atom stereocenters. The molecule has 2 aromatic rings. The van der Waals surface area contributed by atoms with Crippen LogP contribution in [0.5, 0.6) is 0 Å². The lowest BCUT2D eigenvalue weighted by molar-refractivity contribution is -0.136. The van der Waals surface area contributed by atoms with Crippen LogP contribution < -0.4 is 0 Å². The molecule has 120 valence electrons. The molecule has 0 bridgehead atoms. The first-order valence-electron chi connectivity index (χ1n) is 7.18. The van der Waals surface area contributed by atoms with E-state index in [9.17, 15) is 10.1 Å². The van der Waals surface area contributed by atoms with Gasteiger partial charge in [-0.05, 0) is 29.7 Å². The molecule has 1 aromatic carbocycles. The summed E-state index contributed by atoms with van der Waals surface area (Å²) in [5.41, 5.74) is 3.02. The van der Waals surface area contributed by atoms with E-state index in [1.807, 2.05) is 30.3 Å². The summed E-state index contributed by atoms with van der Waals surface area (Å²) < 4.78 is 0. The standard InChI is InChI=1S/C17H16N2O2S.ClH/c18-9-12-3-1-2-4-13(12)10-19-6-5-16-14(11-19)7-15(22-16)8-17(20)21;/h1-4,7H,5-6,8,10-11H2,(H,20,21);1H. The Balaban J connectivity index is 0.00000192. The van der Waals surface area contributed by atoms with Crippen molar-refractivity contribution in [1.29, 1.82) is 5.26 Å². The van der Waals surface area contributed by atoms with Crippen molar-refractivity contribution in [1.82, 2.24) is 4.90 Å². The number of aliphatic carboxylic acids is 1. The summed E-state index contributed by atoms with van der Waals surface area (Å²) >= 11 is 1.62. The van der Waals surface area contributed by atoms with Gasteiger partial charge in [0.2, 0.25) is 0 Å². The molecule has 1 aromatic heterocycles. The Bertz CT molecular complexity index is 751. The van der Waals surface area contributed by atoms with Crippen LogP contribution in [-0.2, 0) is 30.7 Å². The Labute approximate surface area is 145 Å². The highest BCUT2D eigenvalue weighted by Crippen LogP contribution is 2.29. The molecular formula is C17H17ClN2O2S. The lowest BCUT2D eigenvalue weighted by Crippen LogP contribution is -2.29. The molecule has 0 unspecified atom stereocenters. The molecule has 2 heterocycles. The number of benzene rings is 1. The largest absolute Gasteiger partial charge is 0.481 e. The van der Waals surface area contributed by atoms with Crippen LogP contribution in [0.3, 0.4) is 0 Å². The number of hydrogen-bond donors (Lipinski definition) is 1. The number of rotatable bonds is 4. The van der Waals surface area contributed by atoms with Crippen molar-refractivity contribution in [2.45, 2.75) is 25.9 Å². The summed E-state index contributed by atoms with van der Waals surface area (Å²) in [4.78, 5) is 15.4. The van der Waals surface area contributed by atoms with Crippen LogP contribution in [0.1, 0.15) is 26.4 Å². The Kier molecular flexibility index (Phi) is 5.78. The number of carboxylic acid groups (broad SMARTS) is 1. The molecule has 23 heavy (non-hydrogen) atoms. The third-order valence-electron chi connectivity index (χ3n) is 3.85. The fraction of sp³-hybridized carbons (Fsp3) is 0.294. The van der Waals surface area contributed by atoms with Gasteiger partial charge in [-0.25, -0.2) is 0 Å². The van der Waals surface area contributed by atoms with E-state index in [-0.39, 0.29) is 18.8 Å².